The normalized spacial score (nSPS) is 16.7. The lowest BCUT2D eigenvalue weighted by Crippen LogP contribution is -2.56. The number of alkyl halides is 7. The summed E-state index contributed by atoms with van der Waals surface area (Å²) in [6.07, 6.45) is -14.5. The maximum Gasteiger partial charge on any atom is 0.431 e. The van der Waals surface area contributed by atoms with Gasteiger partial charge in [0.2, 0.25) is 0 Å². The van der Waals surface area contributed by atoms with E-state index in [4.69, 9.17) is 0 Å². The molecule has 0 saturated heterocycles. The molecule has 120 valence electrons. The summed E-state index contributed by atoms with van der Waals surface area (Å²) in [4.78, 5) is 0. The number of aliphatic hydroxyl groups is 1. The van der Waals surface area contributed by atoms with E-state index in [2.05, 4.69) is 0 Å². The van der Waals surface area contributed by atoms with Crippen LogP contribution in [0.15, 0.2) is 24.3 Å². The van der Waals surface area contributed by atoms with Gasteiger partial charge in [-0.25, -0.2) is 4.39 Å². The van der Waals surface area contributed by atoms with Gasteiger partial charge in [-0.2, -0.15) is 26.3 Å². The molecule has 0 aliphatic rings. The van der Waals surface area contributed by atoms with E-state index in [9.17, 15) is 35.8 Å². The summed E-state index contributed by atoms with van der Waals surface area (Å²) in [5, 5.41) is 9.93. The van der Waals surface area contributed by atoms with Gasteiger partial charge in [-0.1, -0.05) is 12.1 Å². The highest BCUT2D eigenvalue weighted by atomic mass is 127. The van der Waals surface area contributed by atoms with Crippen LogP contribution < -0.4 is 0 Å². The third-order valence-corrected chi connectivity index (χ3v) is 3.60. The minimum atomic E-state index is -6.18. The predicted octanol–water partition coefficient (Wildman–Crippen LogP) is 4.72. The van der Waals surface area contributed by atoms with E-state index in [1.54, 1.807) is 22.6 Å². The van der Waals surface area contributed by atoms with Crippen molar-refractivity contribution in [1.29, 1.82) is 0 Å². The summed E-state index contributed by atoms with van der Waals surface area (Å²) >= 11 is 1.77. The minimum Gasteiger partial charge on any atom is -0.385 e. The van der Waals surface area contributed by atoms with E-state index in [1.165, 1.54) is 18.2 Å². The van der Waals surface area contributed by atoms with Gasteiger partial charge in [0.05, 0.1) is 5.60 Å². The van der Waals surface area contributed by atoms with Crippen LogP contribution in [0.5, 0.6) is 0 Å². The van der Waals surface area contributed by atoms with Gasteiger partial charge in [0.25, 0.3) is 0 Å². The Bertz CT molecular complexity index is 493. The second kappa shape index (κ2) is 5.56. The molecule has 0 saturated carbocycles. The first kappa shape index (κ1) is 18.5. The molecule has 1 unspecified atom stereocenters. The Morgan fingerprint density at radius 1 is 1.00 bits per heavy atom. The lowest BCUT2D eigenvalue weighted by Gasteiger charge is -2.36. The standard InChI is InChI=1S/C12H10F7IO/c1-9(21,7-3-2-4-8(20)5-7)6-10(13,11(14,15)16)12(17,18)19/h2-5,21H,6H2,1H3. The summed E-state index contributed by atoms with van der Waals surface area (Å²) in [5.41, 5.74) is -8.36. The van der Waals surface area contributed by atoms with Crippen molar-refractivity contribution >= 4 is 22.6 Å². The largest absolute Gasteiger partial charge is 0.431 e. The number of hydrogen-bond donors (Lipinski definition) is 1. The fourth-order valence-electron chi connectivity index (χ4n) is 1.76. The molecule has 1 aromatic rings. The summed E-state index contributed by atoms with van der Waals surface area (Å²) in [5.74, 6) is 0. The van der Waals surface area contributed by atoms with Crippen LogP contribution >= 0.6 is 22.6 Å². The summed E-state index contributed by atoms with van der Waals surface area (Å²) in [6, 6.07) is 5.19. The number of hydrogen-bond acceptors (Lipinski definition) is 1. The quantitative estimate of drug-likeness (QED) is 0.544. The van der Waals surface area contributed by atoms with Gasteiger partial charge in [0.1, 0.15) is 0 Å². The smallest absolute Gasteiger partial charge is 0.385 e. The molecule has 9 heteroatoms. The summed E-state index contributed by atoms with van der Waals surface area (Å²) < 4.78 is 89.3. The van der Waals surface area contributed by atoms with Crippen molar-refractivity contribution in [3.05, 3.63) is 33.4 Å². The van der Waals surface area contributed by atoms with Gasteiger partial charge in [0.15, 0.2) is 0 Å². The van der Waals surface area contributed by atoms with Crippen LogP contribution in [0.1, 0.15) is 18.9 Å². The predicted molar refractivity (Wildman–Crippen MR) is 69.3 cm³/mol. The molecule has 0 radical (unpaired) electrons. The summed E-state index contributed by atoms with van der Waals surface area (Å²) in [7, 11) is 0. The van der Waals surface area contributed by atoms with Crippen molar-refractivity contribution in [2.45, 2.75) is 37.0 Å². The molecule has 0 fully saturated rings. The lowest BCUT2D eigenvalue weighted by molar-refractivity contribution is -0.352. The fraction of sp³-hybridized carbons (Fsp3) is 0.500. The van der Waals surface area contributed by atoms with E-state index in [0.29, 0.717) is 10.5 Å². The van der Waals surface area contributed by atoms with Crippen molar-refractivity contribution in [3.63, 3.8) is 0 Å². The molecule has 0 aliphatic carbocycles. The Balaban J connectivity index is 3.26. The van der Waals surface area contributed by atoms with Crippen LogP contribution in [-0.2, 0) is 5.60 Å². The van der Waals surface area contributed by atoms with Crippen LogP contribution in [-0.4, -0.2) is 23.1 Å². The van der Waals surface area contributed by atoms with Gasteiger partial charge in [0, 0.05) is 9.99 Å². The average molecular weight is 430 g/mol. The first-order chi connectivity index (χ1) is 9.21. The molecular formula is C12H10F7IO. The van der Waals surface area contributed by atoms with Crippen molar-refractivity contribution in [2.24, 2.45) is 0 Å². The molecule has 0 heterocycles. The minimum absolute atomic E-state index is 0.232. The Kier molecular flexibility index (Phi) is 4.89. The van der Waals surface area contributed by atoms with Crippen LogP contribution in [0.3, 0.4) is 0 Å². The molecule has 0 amide bonds. The van der Waals surface area contributed by atoms with Gasteiger partial charge in [-0.3, -0.25) is 0 Å². The Morgan fingerprint density at radius 2 is 1.48 bits per heavy atom. The molecule has 1 aromatic carbocycles. The number of halogens is 8. The molecule has 1 rings (SSSR count). The van der Waals surface area contributed by atoms with Crippen molar-refractivity contribution in [2.75, 3.05) is 0 Å². The van der Waals surface area contributed by atoms with E-state index in [0.717, 1.165) is 6.07 Å². The maximum absolute atomic E-state index is 13.7. The number of benzene rings is 1. The molecule has 0 spiro atoms. The summed E-state index contributed by atoms with van der Waals surface area (Å²) in [6.45, 7) is 0.713. The molecule has 0 aromatic heterocycles. The van der Waals surface area contributed by atoms with Crippen LogP contribution in [0.4, 0.5) is 30.7 Å². The van der Waals surface area contributed by atoms with E-state index >= 15 is 0 Å². The first-order valence-electron chi connectivity index (χ1n) is 5.51. The van der Waals surface area contributed by atoms with Gasteiger partial charge >= 0.3 is 18.0 Å². The average Bonchev–Trinajstić information content (AvgIpc) is 2.25. The van der Waals surface area contributed by atoms with Crippen LogP contribution in [0.25, 0.3) is 0 Å². The zero-order chi connectivity index (χ0) is 16.7. The second-order valence-electron chi connectivity index (χ2n) is 4.76. The number of rotatable bonds is 3. The highest BCUT2D eigenvalue weighted by Crippen LogP contribution is 2.51. The molecule has 1 nitrogen and oxygen atoms in total. The van der Waals surface area contributed by atoms with E-state index in [1.807, 2.05) is 0 Å². The highest BCUT2D eigenvalue weighted by Gasteiger charge is 2.73. The van der Waals surface area contributed by atoms with Crippen LogP contribution in [0.2, 0.25) is 0 Å². The SMILES string of the molecule is CC(O)(CC(F)(C(F)(F)F)C(F)(F)F)c1cccc(I)c1. The Morgan fingerprint density at radius 3 is 1.86 bits per heavy atom. The van der Waals surface area contributed by atoms with Crippen LogP contribution in [0, 0.1) is 3.57 Å². The molecule has 1 N–H and O–H groups in total. The molecule has 0 bridgehead atoms. The van der Waals surface area contributed by atoms with Crippen molar-refractivity contribution < 1.29 is 35.8 Å². The second-order valence-corrected chi connectivity index (χ2v) is 6.00. The molecule has 0 aliphatic heterocycles. The molecular weight excluding hydrogens is 420 g/mol. The third-order valence-electron chi connectivity index (χ3n) is 2.93. The topological polar surface area (TPSA) is 20.2 Å². The zero-order valence-electron chi connectivity index (χ0n) is 10.5. The molecule has 1 atom stereocenters. The van der Waals surface area contributed by atoms with Crippen molar-refractivity contribution in [3.8, 4) is 0 Å². The first-order valence-corrected chi connectivity index (χ1v) is 6.59. The van der Waals surface area contributed by atoms with E-state index in [-0.39, 0.29) is 5.56 Å². The van der Waals surface area contributed by atoms with Gasteiger partial charge in [-0.05, 0) is 47.2 Å². The van der Waals surface area contributed by atoms with Gasteiger partial charge < -0.3 is 5.11 Å². The van der Waals surface area contributed by atoms with E-state index < -0.39 is 30.0 Å². The monoisotopic (exact) mass is 430 g/mol. The Hall–Kier alpha value is -0.580. The molecule has 21 heavy (non-hydrogen) atoms. The van der Waals surface area contributed by atoms with Gasteiger partial charge in [-0.15, -0.1) is 0 Å². The lowest BCUT2D eigenvalue weighted by atomic mass is 9.83. The van der Waals surface area contributed by atoms with Crippen molar-refractivity contribution in [1.82, 2.24) is 0 Å². The Labute approximate surface area is 129 Å². The maximum atomic E-state index is 13.7. The fourth-order valence-corrected chi connectivity index (χ4v) is 2.30. The third kappa shape index (κ3) is 3.79. The zero-order valence-corrected chi connectivity index (χ0v) is 12.6. The highest BCUT2D eigenvalue weighted by molar-refractivity contribution is 14.1.